The summed E-state index contributed by atoms with van der Waals surface area (Å²) in [5.74, 6) is 1.21. The molecule has 4 rings (SSSR count). The summed E-state index contributed by atoms with van der Waals surface area (Å²) in [5, 5.41) is 4.04. The topological polar surface area (TPSA) is 72.9 Å². The van der Waals surface area contributed by atoms with E-state index >= 15 is 0 Å². The Labute approximate surface area is 190 Å². The molecular weight excluding hydrogens is 406 g/mol. The molecule has 7 heteroatoms. The summed E-state index contributed by atoms with van der Waals surface area (Å²) < 4.78 is 17.4. The summed E-state index contributed by atoms with van der Waals surface area (Å²) in [6.45, 7) is 11.3. The molecule has 32 heavy (non-hydrogen) atoms. The maximum Gasteiger partial charge on any atom is 0.270 e. The maximum absolute atomic E-state index is 13.2. The normalized spacial score (nSPS) is 20.2. The van der Waals surface area contributed by atoms with Crippen LogP contribution in [0.25, 0.3) is 10.9 Å². The zero-order chi connectivity index (χ0) is 22.9. The number of benzene rings is 1. The second kappa shape index (κ2) is 9.24. The Morgan fingerprint density at radius 3 is 2.91 bits per heavy atom. The summed E-state index contributed by atoms with van der Waals surface area (Å²) in [5.41, 5.74) is 1.85. The first kappa shape index (κ1) is 22.8. The van der Waals surface area contributed by atoms with Gasteiger partial charge in [0.25, 0.3) is 5.91 Å². The van der Waals surface area contributed by atoms with E-state index < -0.39 is 0 Å². The van der Waals surface area contributed by atoms with Crippen LogP contribution in [0, 0.1) is 0 Å². The average molecular weight is 442 g/mol. The van der Waals surface area contributed by atoms with E-state index in [1.807, 2.05) is 6.07 Å². The Morgan fingerprint density at radius 2 is 2.16 bits per heavy atom. The van der Waals surface area contributed by atoms with Crippen molar-refractivity contribution < 1.29 is 19.0 Å². The van der Waals surface area contributed by atoms with Crippen LogP contribution in [-0.2, 0) is 11.2 Å². The molecule has 0 unspecified atom stereocenters. The molecule has 174 valence electrons. The molecule has 1 amide bonds. The lowest BCUT2D eigenvalue weighted by molar-refractivity contribution is 0.0881. The van der Waals surface area contributed by atoms with Crippen LogP contribution in [-0.4, -0.2) is 66.9 Å². The largest absolute Gasteiger partial charge is 0.490 e. The molecule has 1 aromatic heterocycles. The summed E-state index contributed by atoms with van der Waals surface area (Å²) in [4.78, 5) is 20.4. The Kier molecular flexibility index (Phi) is 6.58. The zero-order valence-electron chi connectivity index (χ0n) is 19.9. The number of pyridine rings is 1. The number of amides is 1. The number of nitrogens with one attached hydrogen (secondary N) is 1. The molecule has 0 saturated carbocycles. The lowest BCUT2D eigenvalue weighted by Gasteiger charge is -2.35. The van der Waals surface area contributed by atoms with Crippen molar-refractivity contribution >= 4 is 16.8 Å². The molecule has 1 aromatic carbocycles. The number of carbonyl (C=O) groups excluding carboxylic acids is 1. The van der Waals surface area contributed by atoms with Crippen LogP contribution >= 0.6 is 0 Å². The molecule has 0 radical (unpaired) electrons. The smallest absolute Gasteiger partial charge is 0.270 e. The fourth-order valence-corrected chi connectivity index (χ4v) is 4.62. The number of piperidine rings is 1. The Hall–Kier alpha value is -2.38. The predicted octanol–water partition coefficient (Wildman–Crippen LogP) is 3.58. The first-order chi connectivity index (χ1) is 15.3. The van der Waals surface area contributed by atoms with Gasteiger partial charge in [0, 0.05) is 49.2 Å². The van der Waals surface area contributed by atoms with Crippen LogP contribution in [0.2, 0.25) is 0 Å². The molecule has 1 atom stereocenters. The van der Waals surface area contributed by atoms with Crippen molar-refractivity contribution in [3.63, 3.8) is 0 Å². The number of hydrogen-bond donors (Lipinski definition) is 1. The highest BCUT2D eigenvalue weighted by Gasteiger charge is 2.33. The first-order valence-electron chi connectivity index (χ1n) is 11.6. The van der Waals surface area contributed by atoms with E-state index in [0.29, 0.717) is 36.2 Å². The van der Waals surface area contributed by atoms with Crippen LogP contribution in [0.15, 0.2) is 18.2 Å². The molecule has 2 aromatic rings. The highest BCUT2D eigenvalue weighted by atomic mass is 16.5. The number of rotatable bonds is 7. The Bertz CT molecular complexity index is 989. The number of likely N-dealkylation sites (tertiary alicyclic amines) is 1. The quantitative estimate of drug-likeness (QED) is 0.662. The monoisotopic (exact) mass is 441 g/mol. The van der Waals surface area contributed by atoms with Gasteiger partial charge in [-0.1, -0.05) is 6.07 Å². The van der Waals surface area contributed by atoms with Crippen LogP contribution < -0.4 is 14.8 Å². The van der Waals surface area contributed by atoms with Crippen molar-refractivity contribution in [3.05, 3.63) is 29.5 Å². The van der Waals surface area contributed by atoms with E-state index in [1.165, 1.54) is 0 Å². The second-order valence-electron chi connectivity index (χ2n) is 9.74. The first-order valence-corrected chi connectivity index (χ1v) is 11.6. The highest BCUT2D eigenvalue weighted by Crippen LogP contribution is 2.42. The number of nitrogens with zero attached hydrogens (tertiary/aromatic N) is 2. The molecule has 3 heterocycles. The van der Waals surface area contributed by atoms with E-state index in [-0.39, 0.29) is 17.6 Å². The highest BCUT2D eigenvalue weighted by molar-refractivity contribution is 5.99. The molecule has 1 N–H and O–H groups in total. The molecule has 0 aliphatic carbocycles. The van der Waals surface area contributed by atoms with Crippen LogP contribution in [0.4, 0.5) is 0 Å². The Balaban J connectivity index is 1.65. The lowest BCUT2D eigenvalue weighted by Crippen LogP contribution is -2.49. The second-order valence-corrected chi connectivity index (χ2v) is 9.74. The predicted molar refractivity (Wildman–Crippen MR) is 125 cm³/mol. The van der Waals surface area contributed by atoms with Crippen molar-refractivity contribution in [1.29, 1.82) is 0 Å². The molecule has 1 fully saturated rings. The van der Waals surface area contributed by atoms with Gasteiger partial charge in [-0.15, -0.1) is 0 Å². The molecule has 1 saturated heterocycles. The third-order valence-electron chi connectivity index (χ3n) is 6.27. The van der Waals surface area contributed by atoms with E-state index in [1.54, 1.807) is 13.2 Å². The molecule has 7 nitrogen and oxygen atoms in total. The van der Waals surface area contributed by atoms with Crippen LogP contribution in [0.3, 0.4) is 0 Å². The minimum atomic E-state index is -0.296. The third kappa shape index (κ3) is 4.84. The van der Waals surface area contributed by atoms with Crippen molar-refractivity contribution in [1.82, 2.24) is 15.2 Å². The summed E-state index contributed by atoms with van der Waals surface area (Å²) in [6, 6.07) is 6.41. The van der Waals surface area contributed by atoms with E-state index in [2.05, 4.69) is 44.0 Å². The third-order valence-corrected chi connectivity index (χ3v) is 6.27. The standard InChI is InChI=1S/C25H35N3O4/c1-16(2)28-10-6-7-18(15-28)26-24(29)20-13-21(31-12-11-30-5)19-9-8-17-14-25(3,4)32-23(17)22(19)27-20/h8-9,13,16,18H,6-7,10-12,14-15H2,1-5H3,(H,26,29)/t18-/m1/s1. The van der Waals surface area contributed by atoms with Gasteiger partial charge in [-0.3, -0.25) is 9.69 Å². The number of carbonyl (C=O) groups is 1. The maximum atomic E-state index is 13.2. The molecule has 2 aliphatic heterocycles. The number of ether oxygens (including phenoxy) is 3. The van der Waals surface area contributed by atoms with Crippen molar-refractivity contribution in [3.8, 4) is 11.5 Å². The number of aromatic nitrogens is 1. The van der Waals surface area contributed by atoms with Gasteiger partial charge in [0.1, 0.15) is 34.9 Å². The zero-order valence-corrected chi connectivity index (χ0v) is 19.9. The molecular formula is C25H35N3O4. The molecule has 2 aliphatic rings. The van der Waals surface area contributed by atoms with Gasteiger partial charge in [0.05, 0.1) is 6.61 Å². The SMILES string of the molecule is COCCOc1cc(C(=O)N[C@@H]2CCCN(C(C)C)C2)nc2c3c(ccc12)CC(C)(C)O3. The van der Waals surface area contributed by atoms with Gasteiger partial charge in [-0.2, -0.15) is 0 Å². The van der Waals surface area contributed by atoms with Gasteiger partial charge >= 0.3 is 0 Å². The summed E-state index contributed by atoms with van der Waals surface area (Å²) >= 11 is 0. The average Bonchev–Trinajstić information content (AvgIpc) is 3.08. The van der Waals surface area contributed by atoms with Gasteiger partial charge in [0.2, 0.25) is 0 Å². The van der Waals surface area contributed by atoms with E-state index in [0.717, 1.165) is 49.1 Å². The minimum Gasteiger partial charge on any atom is -0.490 e. The van der Waals surface area contributed by atoms with Crippen LogP contribution in [0.5, 0.6) is 11.5 Å². The van der Waals surface area contributed by atoms with E-state index in [9.17, 15) is 4.79 Å². The number of methoxy groups -OCH3 is 1. The van der Waals surface area contributed by atoms with Crippen molar-refractivity contribution in [2.75, 3.05) is 33.4 Å². The fourth-order valence-electron chi connectivity index (χ4n) is 4.62. The number of hydrogen-bond acceptors (Lipinski definition) is 6. The van der Waals surface area contributed by atoms with Gasteiger partial charge in [-0.25, -0.2) is 4.98 Å². The fraction of sp³-hybridized carbons (Fsp3) is 0.600. The van der Waals surface area contributed by atoms with Gasteiger partial charge in [-0.05, 0) is 53.1 Å². The number of fused-ring (bicyclic) bond motifs is 3. The van der Waals surface area contributed by atoms with Gasteiger partial charge < -0.3 is 19.5 Å². The Morgan fingerprint density at radius 1 is 1.34 bits per heavy atom. The van der Waals surface area contributed by atoms with Gasteiger partial charge in [0.15, 0.2) is 0 Å². The summed E-state index contributed by atoms with van der Waals surface area (Å²) in [6.07, 6.45) is 2.87. The summed E-state index contributed by atoms with van der Waals surface area (Å²) in [7, 11) is 1.64. The lowest BCUT2D eigenvalue weighted by atomic mass is 10.0. The molecule has 0 spiro atoms. The van der Waals surface area contributed by atoms with Crippen molar-refractivity contribution in [2.45, 2.75) is 64.6 Å². The van der Waals surface area contributed by atoms with Crippen LogP contribution in [0.1, 0.15) is 56.6 Å². The van der Waals surface area contributed by atoms with Crippen molar-refractivity contribution in [2.24, 2.45) is 0 Å². The minimum absolute atomic E-state index is 0.116. The molecule has 0 bridgehead atoms. The van der Waals surface area contributed by atoms with E-state index in [4.69, 9.17) is 19.2 Å².